The van der Waals surface area contributed by atoms with Crippen LogP contribution in [0.2, 0.25) is 0 Å². The Morgan fingerprint density at radius 3 is 3.16 bits per heavy atom. The van der Waals surface area contributed by atoms with Gasteiger partial charge in [0.2, 0.25) is 5.91 Å². The van der Waals surface area contributed by atoms with Crippen LogP contribution in [0.25, 0.3) is 0 Å². The van der Waals surface area contributed by atoms with E-state index in [0.717, 1.165) is 31.4 Å². The van der Waals surface area contributed by atoms with Gasteiger partial charge in [0.25, 0.3) is 0 Å². The van der Waals surface area contributed by atoms with Gasteiger partial charge in [0.05, 0.1) is 12.6 Å². The Morgan fingerprint density at radius 1 is 1.68 bits per heavy atom. The van der Waals surface area contributed by atoms with Gasteiger partial charge in [-0.1, -0.05) is 0 Å². The third-order valence-electron chi connectivity index (χ3n) is 3.49. The summed E-state index contributed by atoms with van der Waals surface area (Å²) in [6.45, 7) is 2.78. The highest BCUT2D eigenvalue weighted by molar-refractivity contribution is 7.08. The number of rotatable bonds is 6. The van der Waals surface area contributed by atoms with E-state index in [4.69, 9.17) is 4.74 Å². The number of carbonyl (C=O) groups excluding carboxylic acids is 1. The summed E-state index contributed by atoms with van der Waals surface area (Å²) in [4.78, 5) is 11.7. The molecule has 0 radical (unpaired) electrons. The fourth-order valence-corrected chi connectivity index (χ4v) is 2.98. The van der Waals surface area contributed by atoms with Gasteiger partial charge in [-0.05, 0) is 48.6 Å². The molecule has 0 bridgehead atoms. The fourth-order valence-electron chi connectivity index (χ4n) is 2.20. The van der Waals surface area contributed by atoms with E-state index in [0.29, 0.717) is 6.42 Å². The molecule has 0 spiro atoms. The molecule has 0 aromatic carbocycles. The molecule has 4 nitrogen and oxygen atoms in total. The average molecular weight is 283 g/mol. The van der Waals surface area contributed by atoms with E-state index in [1.165, 1.54) is 11.3 Å². The molecule has 1 aromatic heterocycles. The van der Waals surface area contributed by atoms with Gasteiger partial charge in [-0.15, -0.1) is 0 Å². The molecule has 1 aromatic rings. The highest BCUT2D eigenvalue weighted by atomic mass is 32.1. The zero-order chi connectivity index (χ0) is 13.7. The van der Waals surface area contributed by atoms with Gasteiger partial charge in [-0.2, -0.15) is 11.3 Å². The lowest BCUT2D eigenvalue weighted by atomic mass is 9.99. The van der Waals surface area contributed by atoms with E-state index < -0.39 is 5.60 Å². The molecule has 2 unspecified atom stereocenters. The highest BCUT2D eigenvalue weighted by Gasteiger charge is 2.24. The molecular formula is C14H21NO3S. The second-order valence-corrected chi connectivity index (χ2v) is 6.02. The molecule has 2 heterocycles. The lowest BCUT2D eigenvalue weighted by molar-refractivity contribution is -0.122. The summed E-state index contributed by atoms with van der Waals surface area (Å²) in [5.74, 6) is -0.0222. The first-order valence-electron chi connectivity index (χ1n) is 6.71. The molecule has 1 aliphatic rings. The lowest BCUT2D eigenvalue weighted by Gasteiger charge is -2.23. The van der Waals surface area contributed by atoms with Crippen molar-refractivity contribution >= 4 is 17.2 Å². The average Bonchev–Trinajstić information content (AvgIpc) is 3.06. The number of nitrogens with one attached hydrogen (secondary N) is 1. The first-order valence-corrected chi connectivity index (χ1v) is 7.65. The summed E-state index contributed by atoms with van der Waals surface area (Å²) < 4.78 is 5.48. The Labute approximate surface area is 117 Å². The largest absolute Gasteiger partial charge is 0.384 e. The van der Waals surface area contributed by atoms with E-state index >= 15 is 0 Å². The lowest BCUT2D eigenvalue weighted by Crippen LogP contribution is -2.38. The van der Waals surface area contributed by atoms with E-state index in [1.54, 1.807) is 6.92 Å². The predicted octanol–water partition coefficient (Wildman–Crippen LogP) is 2.03. The molecular weight excluding hydrogens is 262 g/mol. The van der Waals surface area contributed by atoms with Crippen molar-refractivity contribution in [3.05, 3.63) is 22.4 Å². The molecule has 19 heavy (non-hydrogen) atoms. The molecule has 2 atom stereocenters. The molecule has 0 aliphatic carbocycles. The zero-order valence-corrected chi connectivity index (χ0v) is 12.0. The third kappa shape index (κ3) is 4.30. The second-order valence-electron chi connectivity index (χ2n) is 5.24. The molecule has 1 saturated heterocycles. The summed E-state index contributed by atoms with van der Waals surface area (Å²) in [5, 5.41) is 16.9. The van der Waals surface area contributed by atoms with Crippen molar-refractivity contribution in [2.24, 2.45) is 0 Å². The van der Waals surface area contributed by atoms with Crippen LogP contribution in [0.4, 0.5) is 0 Å². The summed E-state index contributed by atoms with van der Waals surface area (Å²) in [5.41, 5.74) is -0.156. The van der Waals surface area contributed by atoms with E-state index in [-0.39, 0.29) is 18.6 Å². The third-order valence-corrected chi connectivity index (χ3v) is 4.17. The SMILES string of the molecule is CC(O)(CNC(=O)CCC1CCCO1)c1ccsc1. The first kappa shape index (κ1) is 14.5. The maximum absolute atomic E-state index is 11.7. The maximum Gasteiger partial charge on any atom is 0.220 e. The van der Waals surface area contributed by atoms with Crippen LogP contribution in [0.5, 0.6) is 0 Å². The Balaban J connectivity index is 1.70. The van der Waals surface area contributed by atoms with Crippen LogP contribution < -0.4 is 5.32 Å². The molecule has 106 valence electrons. The minimum Gasteiger partial charge on any atom is -0.384 e. The minimum atomic E-state index is -1.00. The van der Waals surface area contributed by atoms with Crippen LogP contribution in [0, 0.1) is 0 Å². The van der Waals surface area contributed by atoms with Gasteiger partial charge in [-0.25, -0.2) is 0 Å². The van der Waals surface area contributed by atoms with E-state index in [2.05, 4.69) is 5.32 Å². The van der Waals surface area contributed by atoms with Crippen LogP contribution in [-0.4, -0.2) is 30.3 Å². The summed E-state index contributed by atoms with van der Waals surface area (Å²) in [6.07, 6.45) is 3.62. The fraction of sp³-hybridized carbons (Fsp3) is 0.643. The molecule has 2 rings (SSSR count). The smallest absolute Gasteiger partial charge is 0.220 e. The van der Waals surface area contributed by atoms with Gasteiger partial charge in [0.1, 0.15) is 5.60 Å². The Kier molecular flexibility index (Phi) is 4.96. The highest BCUT2D eigenvalue weighted by Crippen LogP contribution is 2.22. The summed E-state index contributed by atoms with van der Waals surface area (Å²) in [6, 6.07) is 1.88. The summed E-state index contributed by atoms with van der Waals surface area (Å²) >= 11 is 1.54. The van der Waals surface area contributed by atoms with Crippen LogP contribution in [0.3, 0.4) is 0 Å². The van der Waals surface area contributed by atoms with Crippen LogP contribution in [0.1, 0.15) is 38.2 Å². The molecule has 1 aliphatic heterocycles. The van der Waals surface area contributed by atoms with Crippen molar-refractivity contribution in [3.8, 4) is 0 Å². The standard InChI is InChI=1S/C14H21NO3S/c1-14(17,11-6-8-19-9-11)10-15-13(16)5-4-12-3-2-7-18-12/h6,8-9,12,17H,2-5,7,10H2,1H3,(H,15,16). The number of ether oxygens (including phenoxy) is 1. The predicted molar refractivity (Wildman–Crippen MR) is 75.1 cm³/mol. The number of aliphatic hydroxyl groups is 1. The van der Waals surface area contributed by atoms with Crippen LogP contribution in [-0.2, 0) is 15.1 Å². The van der Waals surface area contributed by atoms with Crippen molar-refractivity contribution in [3.63, 3.8) is 0 Å². The zero-order valence-electron chi connectivity index (χ0n) is 11.2. The van der Waals surface area contributed by atoms with Gasteiger partial charge in [0, 0.05) is 13.0 Å². The normalized spacial score (nSPS) is 22.1. The Morgan fingerprint density at radius 2 is 2.53 bits per heavy atom. The quantitative estimate of drug-likeness (QED) is 0.840. The van der Waals surface area contributed by atoms with Crippen molar-refractivity contribution < 1.29 is 14.6 Å². The Hall–Kier alpha value is -0.910. The molecule has 1 amide bonds. The van der Waals surface area contributed by atoms with Crippen molar-refractivity contribution in [1.82, 2.24) is 5.32 Å². The minimum absolute atomic E-state index is 0.0222. The monoisotopic (exact) mass is 283 g/mol. The number of amides is 1. The molecule has 2 N–H and O–H groups in total. The van der Waals surface area contributed by atoms with Crippen LogP contribution >= 0.6 is 11.3 Å². The number of carbonyl (C=O) groups is 1. The van der Waals surface area contributed by atoms with Crippen molar-refractivity contribution in [2.45, 2.75) is 44.3 Å². The molecule has 0 saturated carbocycles. The van der Waals surface area contributed by atoms with Gasteiger partial charge in [0.15, 0.2) is 0 Å². The molecule has 1 fully saturated rings. The second kappa shape index (κ2) is 6.50. The van der Waals surface area contributed by atoms with Gasteiger partial charge < -0.3 is 15.2 Å². The number of thiophene rings is 1. The summed E-state index contributed by atoms with van der Waals surface area (Å²) in [7, 11) is 0. The van der Waals surface area contributed by atoms with Gasteiger partial charge in [-0.3, -0.25) is 4.79 Å². The van der Waals surface area contributed by atoms with Crippen LogP contribution in [0.15, 0.2) is 16.8 Å². The number of hydrogen-bond donors (Lipinski definition) is 2. The Bertz CT molecular complexity index is 397. The number of hydrogen-bond acceptors (Lipinski definition) is 4. The van der Waals surface area contributed by atoms with Crippen molar-refractivity contribution in [1.29, 1.82) is 0 Å². The van der Waals surface area contributed by atoms with Crippen molar-refractivity contribution in [2.75, 3.05) is 13.2 Å². The van der Waals surface area contributed by atoms with Gasteiger partial charge >= 0.3 is 0 Å². The topological polar surface area (TPSA) is 58.6 Å². The van der Waals surface area contributed by atoms with E-state index in [1.807, 2.05) is 16.8 Å². The van der Waals surface area contributed by atoms with E-state index in [9.17, 15) is 9.90 Å². The molecule has 5 heteroatoms. The maximum atomic E-state index is 11.7. The first-order chi connectivity index (χ1) is 9.08.